The summed E-state index contributed by atoms with van der Waals surface area (Å²) in [5, 5.41) is 3.34. The third kappa shape index (κ3) is 2.23. The zero-order valence-electron chi connectivity index (χ0n) is 10.2. The molecular weight excluding hydrogens is 214 g/mol. The van der Waals surface area contributed by atoms with Gasteiger partial charge in [0.05, 0.1) is 6.61 Å². The quantitative estimate of drug-likeness (QED) is 0.806. The third-order valence-electron chi connectivity index (χ3n) is 3.63. The Kier molecular flexibility index (Phi) is 2.90. The number of benzene rings is 1. The molecule has 2 aliphatic heterocycles. The lowest BCUT2D eigenvalue weighted by Gasteiger charge is -2.32. The van der Waals surface area contributed by atoms with Gasteiger partial charge in [0, 0.05) is 25.9 Å². The molecule has 17 heavy (non-hydrogen) atoms. The average molecular weight is 233 g/mol. The first kappa shape index (κ1) is 11.2. The van der Waals surface area contributed by atoms with Crippen LogP contribution in [0.2, 0.25) is 0 Å². The maximum Gasteiger partial charge on any atom is 0.171 e. The monoisotopic (exact) mass is 233 g/mol. The van der Waals surface area contributed by atoms with Crippen molar-refractivity contribution in [1.29, 1.82) is 0 Å². The van der Waals surface area contributed by atoms with Crippen molar-refractivity contribution >= 4 is 0 Å². The summed E-state index contributed by atoms with van der Waals surface area (Å²) in [4.78, 5) is 0. The van der Waals surface area contributed by atoms with Crippen molar-refractivity contribution in [2.24, 2.45) is 0 Å². The minimum Gasteiger partial charge on any atom is -0.347 e. The predicted molar refractivity (Wildman–Crippen MR) is 65.8 cm³/mol. The molecule has 3 heteroatoms. The van der Waals surface area contributed by atoms with Gasteiger partial charge < -0.3 is 14.8 Å². The summed E-state index contributed by atoms with van der Waals surface area (Å²) in [6.07, 6.45) is 2.01. The van der Waals surface area contributed by atoms with Gasteiger partial charge in [-0.25, -0.2) is 0 Å². The van der Waals surface area contributed by atoms with Gasteiger partial charge in [-0.1, -0.05) is 29.8 Å². The molecule has 1 atom stereocenters. The van der Waals surface area contributed by atoms with E-state index < -0.39 is 0 Å². The van der Waals surface area contributed by atoms with Crippen LogP contribution < -0.4 is 5.32 Å². The lowest BCUT2D eigenvalue weighted by molar-refractivity contribution is -0.183. The van der Waals surface area contributed by atoms with E-state index in [4.69, 9.17) is 9.47 Å². The minimum absolute atomic E-state index is 0.105. The van der Waals surface area contributed by atoms with E-state index in [-0.39, 0.29) is 11.9 Å². The Morgan fingerprint density at radius 1 is 1.29 bits per heavy atom. The normalized spacial score (nSPS) is 27.5. The maximum absolute atomic E-state index is 6.17. The maximum atomic E-state index is 6.17. The highest BCUT2D eigenvalue weighted by atomic mass is 16.7. The molecule has 0 amide bonds. The summed E-state index contributed by atoms with van der Waals surface area (Å²) >= 11 is 0. The van der Waals surface area contributed by atoms with Crippen molar-refractivity contribution in [3.63, 3.8) is 0 Å². The molecule has 2 aliphatic rings. The number of hydrogen-bond acceptors (Lipinski definition) is 3. The highest BCUT2D eigenvalue weighted by Crippen LogP contribution is 2.38. The van der Waals surface area contributed by atoms with E-state index in [0.29, 0.717) is 6.61 Å². The Morgan fingerprint density at radius 3 is 2.88 bits per heavy atom. The molecule has 92 valence electrons. The molecule has 0 radical (unpaired) electrons. The summed E-state index contributed by atoms with van der Waals surface area (Å²) in [7, 11) is 0. The highest BCUT2D eigenvalue weighted by molar-refractivity contribution is 5.24. The van der Waals surface area contributed by atoms with Crippen molar-refractivity contribution < 1.29 is 9.47 Å². The first-order chi connectivity index (χ1) is 8.27. The van der Waals surface area contributed by atoms with Crippen molar-refractivity contribution in [3.8, 4) is 0 Å². The van der Waals surface area contributed by atoms with E-state index in [9.17, 15) is 0 Å². The molecule has 0 aliphatic carbocycles. The van der Waals surface area contributed by atoms with Crippen molar-refractivity contribution in [1.82, 2.24) is 5.32 Å². The van der Waals surface area contributed by atoms with Gasteiger partial charge in [0.15, 0.2) is 5.79 Å². The van der Waals surface area contributed by atoms with Gasteiger partial charge >= 0.3 is 0 Å². The number of rotatable bonds is 1. The number of hydrogen-bond donors (Lipinski definition) is 1. The lowest BCUT2D eigenvalue weighted by atomic mass is 10.1. The second kappa shape index (κ2) is 4.41. The predicted octanol–water partition coefficient (Wildman–Crippen LogP) is 2.16. The van der Waals surface area contributed by atoms with E-state index in [1.165, 1.54) is 11.1 Å². The Labute approximate surface area is 102 Å². The van der Waals surface area contributed by atoms with Gasteiger partial charge in [-0.05, 0) is 12.5 Å². The number of nitrogens with one attached hydrogen (secondary N) is 1. The molecule has 3 nitrogen and oxygen atoms in total. The molecule has 0 bridgehead atoms. The summed E-state index contributed by atoms with van der Waals surface area (Å²) < 4.78 is 12.1. The minimum atomic E-state index is -0.320. The fourth-order valence-electron chi connectivity index (χ4n) is 2.66. The molecule has 2 saturated heterocycles. The molecule has 1 N–H and O–H groups in total. The fraction of sp³-hybridized carbons (Fsp3) is 0.571. The molecule has 0 aromatic heterocycles. The van der Waals surface area contributed by atoms with Gasteiger partial charge in [-0.15, -0.1) is 0 Å². The highest BCUT2D eigenvalue weighted by Gasteiger charge is 2.42. The van der Waals surface area contributed by atoms with Crippen molar-refractivity contribution in [3.05, 3.63) is 35.4 Å². The van der Waals surface area contributed by atoms with E-state index in [0.717, 1.165) is 25.9 Å². The van der Waals surface area contributed by atoms with E-state index in [2.05, 4.69) is 36.5 Å². The van der Waals surface area contributed by atoms with Gasteiger partial charge in [0.1, 0.15) is 6.10 Å². The number of ether oxygens (including phenoxy) is 2. The molecule has 0 saturated carbocycles. The molecular formula is C14H19NO2. The Balaban J connectivity index is 1.75. The first-order valence-electron chi connectivity index (χ1n) is 6.37. The van der Waals surface area contributed by atoms with Crippen LogP contribution in [0.25, 0.3) is 0 Å². The SMILES string of the molecule is Cc1cccc(C2COC3(CCNCC3)O2)c1. The zero-order valence-corrected chi connectivity index (χ0v) is 10.2. The van der Waals surface area contributed by atoms with Crippen molar-refractivity contribution in [2.45, 2.75) is 31.7 Å². The Bertz CT molecular complexity index is 399. The van der Waals surface area contributed by atoms with Gasteiger partial charge in [-0.2, -0.15) is 0 Å². The van der Waals surface area contributed by atoms with Crippen LogP contribution in [-0.2, 0) is 9.47 Å². The second-order valence-corrected chi connectivity index (χ2v) is 4.99. The van der Waals surface area contributed by atoms with Crippen molar-refractivity contribution in [2.75, 3.05) is 19.7 Å². The molecule has 1 aromatic carbocycles. The summed E-state index contributed by atoms with van der Waals surface area (Å²) in [6.45, 7) is 4.77. The van der Waals surface area contributed by atoms with E-state index in [1.807, 2.05) is 0 Å². The zero-order chi connectivity index (χ0) is 11.7. The molecule has 1 unspecified atom stereocenters. The molecule has 2 fully saturated rings. The fourth-order valence-corrected chi connectivity index (χ4v) is 2.66. The summed E-state index contributed by atoms with van der Waals surface area (Å²) in [6, 6.07) is 8.51. The standard InChI is InChI=1S/C14H19NO2/c1-11-3-2-4-12(9-11)13-10-16-14(17-13)5-7-15-8-6-14/h2-4,9,13,15H,5-8,10H2,1H3. The number of piperidine rings is 1. The Morgan fingerprint density at radius 2 is 2.12 bits per heavy atom. The Hall–Kier alpha value is -0.900. The van der Waals surface area contributed by atoms with E-state index in [1.54, 1.807) is 0 Å². The molecule has 1 spiro atoms. The molecule has 3 rings (SSSR count). The topological polar surface area (TPSA) is 30.5 Å². The molecule has 1 aromatic rings. The van der Waals surface area contributed by atoms with Crippen LogP contribution in [0.1, 0.15) is 30.1 Å². The van der Waals surface area contributed by atoms with E-state index >= 15 is 0 Å². The van der Waals surface area contributed by atoms with Crippen LogP contribution in [0.5, 0.6) is 0 Å². The second-order valence-electron chi connectivity index (χ2n) is 4.99. The lowest BCUT2D eigenvalue weighted by Crippen LogP contribution is -2.42. The molecule has 2 heterocycles. The summed E-state index contributed by atoms with van der Waals surface area (Å²) in [5.74, 6) is -0.320. The third-order valence-corrected chi connectivity index (χ3v) is 3.63. The van der Waals surface area contributed by atoms with Gasteiger partial charge in [0.2, 0.25) is 0 Å². The average Bonchev–Trinajstić information content (AvgIpc) is 2.74. The summed E-state index contributed by atoms with van der Waals surface area (Å²) in [5.41, 5.74) is 2.51. The van der Waals surface area contributed by atoms with Crippen LogP contribution >= 0.6 is 0 Å². The number of aryl methyl sites for hydroxylation is 1. The van der Waals surface area contributed by atoms with Gasteiger partial charge in [-0.3, -0.25) is 0 Å². The van der Waals surface area contributed by atoms with Gasteiger partial charge in [0.25, 0.3) is 0 Å². The first-order valence-corrected chi connectivity index (χ1v) is 6.37. The van der Waals surface area contributed by atoms with Crippen LogP contribution in [0.4, 0.5) is 0 Å². The largest absolute Gasteiger partial charge is 0.347 e. The van der Waals surface area contributed by atoms with Crippen LogP contribution in [0.3, 0.4) is 0 Å². The van der Waals surface area contributed by atoms with Crippen LogP contribution in [0, 0.1) is 6.92 Å². The van der Waals surface area contributed by atoms with Crippen LogP contribution in [-0.4, -0.2) is 25.5 Å². The smallest absolute Gasteiger partial charge is 0.171 e. The van der Waals surface area contributed by atoms with Crippen LogP contribution in [0.15, 0.2) is 24.3 Å².